The topological polar surface area (TPSA) is 22.1 Å². The standard InChI is InChI=1S/C70H67BN4/c1-67(2,3)53-26-18-28-56(43-53)74-63-44-54(68(4,5)6)31-33-60(63)71-59-32-29-52(48-22-13-10-14-23-48)42-62(59)73(55-27-17-24-50(40-55)47-20-11-9-12-21-47)64-45-57(46-65(74)66(64)71)75-61-34-30-51(49-25-19-38-72-39-35-49)41-58(61)69(7)36-15-16-37-70(69,75)8/h9-14,17-35,38,40-46H,15-16,36-37,39H2,1-8H3. The van der Waals surface area contributed by atoms with Crippen molar-refractivity contribution in [3.05, 3.63) is 216 Å². The van der Waals surface area contributed by atoms with Crippen LogP contribution in [0.2, 0.25) is 0 Å². The molecule has 0 bridgehead atoms. The minimum atomic E-state index is -0.197. The maximum absolute atomic E-state index is 4.58. The van der Waals surface area contributed by atoms with Crippen LogP contribution in [0.4, 0.5) is 45.5 Å². The van der Waals surface area contributed by atoms with Gasteiger partial charge in [-0.15, -0.1) is 0 Å². The van der Waals surface area contributed by atoms with Gasteiger partial charge in [0.2, 0.25) is 0 Å². The lowest BCUT2D eigenvalue weighted by Crippen LogP contribution is -2.61. The number of nitrogens with zero attached hydrogens (tertiary/aromatic N) is 4. The summed E-state index contributed by atoms with van der Waals surface area (Å²) in [5.41, 5.74) is 24.8. The van der Waals surface area contributed by atoms with Crippen molar-refractivity contribution in [3.63, 3.8) is 0 Å². The molecule has 370 valence electrons. The lowest BCUT2D eigenvalue weighted by molar-refractivity contribution is 0.195. The molecule has 0 spiro atoms. The van der Waals surface area contributed by atoms with Gasteiger partial charge in [0.15, 0.2) is 0 Å². The van der Waals surface area contributed by atoms with Gasteiger partial charge in [0.1, 0.15) is 0 Å². The molecule has 13 rings (SSSR count). The number of allylic oxidation sites excluding steroid dienone is 3. The number of aliphatic imine (C=N–C) groups is 1. The van der Waals surface area contributed by atoms with Gasteiger partial charge in [-0.1, -0.05) is 189 Å². The van der Waals surface area contributed by atoms with Crippen molar-refractivity contribution in [2.45, 2.75) is 103 Å². The van der Waals surface area contributed by atoms with Crippen LogP contribution < -0.4 is 31.1 Å². The normalized spacial score (nSPS) is 19.4. The van der Waals surface area contributed by atoms with Gasteiger partial charge in [-0.05, 0) is 164 Å². The van der Waals surface area contributed by atoms with E-state index in [4.69, 9.17) is 0 Å². The Morgan fingerprint density at radius 2 is 1.07 bits per heavy atom. The fraction of sp³-hybridized carbons (Fsp3) is 0.243. The minimum Gasteiger partial charge on any atom is -0.334 e. The third kappa shape index (κ3) is 7.59. The predicted molar refractivity (Wildman–Crippen MR) is 322 cm³/mol. The van der Waals surface area contributed by atoms with Crippen LogP contribution in [-0.4, -0.2) is 25.0 Å². The van der Waals surface area contributed by atoms with Crippen LogP contribution in [0, 0.1) is 0 Å². The Kier molecular flexibility index (Phi) is 11.0. The summed E-state index contributed by atoms with van der Waals surface area (Å²) in [5, 5.41) is 0. The molecule has 0 saturated heterocycles. The van der Waals surface area contributed by atoms with E-state index >= 15 is 0 Å². The number of rotatable bonds is 6. The molecule has 4 nitrogen and oxygen atoms in total. The average Bonchev–Trinajstić information content (AvgIpc) is 3.57. The fourth-order valence-electron chi connectivity index (χ4n) is 13.5. The summed E-state index contributed by atoms with van der Waals surface area (Å²) in [5.74, 6) is 0. The molecule has 4 aliphatic heterocycles. The predicted octanol–water partition coefficient (Wildman–Crippen LogP) is 16.5. The lowest BCUT2D eigenvalue weighted by Gasteiger charge is -2.51. The largest absolute Gasteiger partial charge is 0.334 e. The Morgan fingerprint density at radius 3 is 1.76 bits per heavy atom. The molecular formula is C70H67BN4. The van der Waals surface area contributed by atoms with E-state index in [0.29, 0.717) is 6.54 Å². The van der Waals surface area contributed by atoms with Crippen LogP contribution >= 0.6 is 0 Å². The first-order valence-corrected chi connectivity index (χ1v) is 27.4. The minimum absolute atomic E-state index is 0.0302. The molecule has 5 heteroatoms. The third-order valence-electron chi connectivity index (χ3n) is 17.8. The Bertz CT molecular complexity index is 3670. The van der Waals surface area contributed by atoms with Crippen LogP contribution in [0.15, 0.2) is 199 Å². The summed E-state index contributed by atoms with van der Waals surface area (Å²) in [6.07, 6.45) is 13.2. The van der Waals surface area contributed by atoms with Crippen molar-refractivity contribution in [3.8, 4) is 22.3 Å². The molecule has 5 aliphatic rings. The first kappa shape index (κ1) is 47.1. The average molecular weight is 975 g/mol. The number of anilines is 8. The molecule has 8 aromatic carbocycles. The van der Waals surface area contributed by atoms with E-state index in [0.717, 1.165) is 18.5 Å². The van der Waals surface area contributed by atoms with E-state index in [9.17, 15) is 0 Å². The van der Waals surface area contributed by atoms with Crippen molar-refractivity contribution in [2.75, 3.05) is 21.2 Å². The molecule has 1 saturated carbocycles. The van der Waals surface area contributed by atoms with Gasteiger partial charge in [0, 0.05) is 57.1 Å². The monoisotopic (exact) mass is 975 g/mol. The van der Waals surface area contributed by atoms with E-state index in [1.54, 1.807) is 0 Å². The Balaban J connectivity index is 1.14. The van der Waals surface area contributed by atoms with E-state index < -0.39 is 0 Å². The molecule has 0 aromatic heterocycles. The Labute approximate surface area is 445 Å². The van der Waals surface area contributed by atoms with Crippen LogP contribution in [0.1, 0.15) is 103 Å². The zero-order valence-electron chi connectivity index (χ0n) is 45.0. The second-order valence-corrected chi connectivity index (χ2v) is 24.3. The number of hydrogen-bond donors (Lipinski definition) is 0. The van der Waals surface area contributed by atoms with E-state index in [2.05, 4.69) is 269 Å². The van der Waals surface area contributed by atoms with Gasteiger partial charge in [0.25, 0.3) is 6.71 Å². The van der Waals surface area contributed by atoms with Gasteiger partial charge in [-0.25, -0.2) is 0 Å². The number of hydrogen-bond acceptors (Lipinski definition) is 4. The first-order valence-electron chi connectivity index (χ1n) is 27.4. The van der Waals surface area contributed by atoms with Gasteiger partial charge >= 0.3 is 0 Å². The highest BCUT2D eigenvalue weighted by Crippen LogP contribution is 2.62. The summed E-state index contributed by atoms with van der Waals surface area (Å²) in [6.45, 7) is 19.9. The fourth-order valence-corrected chi connectivity index (χ4v) is 13.5. The summed E-state index contributed by atoms with van der Waals surface area (Å²) in [4.78, 5) is 12.7. The molecule has 4 heterocycles. The SMILES string of the molecule is CC(C)(C)c1cccc(N2c3cc(C(C)(C)C)ccc3B3c4ccc(-c5ccccc5)cc4N(c4cccc(-c5ccccc5)c4)c4cc(N5c6ccc(C7=CCN=CC=C7)cc6C6(C)CCCCC56C)cc2c43)c1. The van der Waals surface area contributed by atoms with Crippen molar-refractivity contribution < 1.29 is 0 Å². The molecule has 75 heavy (non-hydrogen) atoms. The van der Waals surface area contributed by atoms with E-state index in [1.807, 2.05) is 6.21 Å². The molecule has 2 unspecified atom stereocenters. The van der Waals surface area contributed by atoms with Crippen molar-refractivity contribution >= 4 is 80.4 Å². The smallest absolute Gasteiger partial charge is 0.252 e. The zero-order chi connectivity index (χ0) is 51.4. The lowest BCUT2D eigenvalue weighted by atomic mass is 9.33. The molecule has 2 atom stereocenters. The van der Waals surface area contributed by atoms with Crippen LogP contribution in [0.25, 0.3) is 27.8 Å². The van der Waals surface area contributed by atoms with Gasteiger partial charge in [0.05, 0.1) is 12.1 Å². The Morgan fingerprint density at radius 1 is 0.480 bits per heavy atom. The van der Waals surface area contributed by atoms with Crippen molar-refractivity contribution in [1.29, 1.82) is 0 Å². The molecule has 1 aliphatic carbocycles. The highest BCUT2D eigenvalue weighted by Gasteiger charge is 2.58. The molecule has 0 radical (unpaired) electrons. The van der Waals surface area contributed by atoms with E-state index in [-0.39, 0.29) is 28.5 Å². The summed E-state index contributed by atoms with van der Waals surface area (Å²) < 4.78 is 0. The number of benzene rings is 8. The van der Waals surface area contributed by atoms with E-state index in [1.165, 1.54) is 119 Å². The third-order valence-corrected chi connectivity index (χ3v) is 17.8. The summed E-state index contributed by atoms with van der Waals surface area (Å²) >= 11 is 0. The highest BCUT2D eigenvalue weighted by molar-refractivity contribution is 7.00. The van der Waals surface area contributed by atoms with Crippen molar-refractivity contribution in [1.82, 2.24) is 0 Å². The molecule has 1 fully saturated rings. The zero-order valence-corrected chi connectivity index (χ0v) is 45.0. The maximum atomic E-state index is 4.58. The van der Waals surface area contributed by atoms with Crippen molar-refractivity contribution in [2.24, 2.45) is 4.99 Å². The van der Waals surface area contributed by atoms with Gasteiger partial charge in [-0.3, -0.25) is 4.99 Å². The van der Waals surface area contributed by atoms with Crippen LogP contribution in [-0.2, 0) is 16.2 Å². The molecular weight excluding hydrogens is 908 g/mol. The summed E-state index contributed by atoms with van der Waals surface area (Å²) in [6, 6.07) is 67.7. The van der Waals surface area contributed by atoms with Gasteiger partial charge < -0.3 is 14.7 Å². The number of fused-ring (bicyclic) bond motifs is 7. The highest BCUT2D eigenvalue weighted by atomic mass is 15.3. The quantitative estimate of drug-likeness (QED) is 0.155. The second kappa shape index (κ2) is 17.5. The second-order valence-electron chi connectivity index (χ2n) is 24.3. The molecule has 0 amide bonds. The summed E-state index contributed by atoms with van der Waals surface area (Å²) in [7, 11) is 0. The Hall–Kier alpha value is -7.63. The molecule has 8 aromatic rings. The van der Waals surface area contributed by atoms with Crippen LogP contribution in [0.5, 0.6) is 0 Å². The molecule has 0 N–H and O–H groups in total. The van der Waals surface area contributed by atoms with Crippen LogP contribution in [0.3, 0.4) is 0 Å². The maximum Gasteiger partial charge on any atom is 0.252 e. The first-order chi connectivity index (χ1) is 36.2. The van der Waals surface area contributed by atoms with Gasteiger partial charge in [-0.2, -0.15) is 0 Å².